The molecule has 0 aliphatic heterocycles. The lowest BCUT2D eigenvalue weighted by Gasteiger charge is -2.22. The Morgan fingerprint density at radius 3 is 1.70 bits per heavy atom. The lowest BCUT2D eigenvalue weighted by Crippen LogP contribution is -2.21. The molecular formula is C8H20OSi. The maximum absolute atomic E-state index is 5.48. The third-order valence-electron chi connectivity index (χ3n) is 2.28. The summed E-state index contributed by atoms with van der Waals surface area (Å²) < 4.78 is 5.48. The van der Waals surface area contributed by atoms with Gasteiger partial charge in [0.2, 0.25) is 0 Å². The van der Waals surface area contributed by atoms with Gasteiger partial charge in [0, 0.05) is 6.10 Å². The zero-order valence-corrected chi connectivity index (χ0v) is 9.68. The lowest BCUT2D eigenvalue weighted by atomic mass is 9.95. The Kier molecular flexibility index (Phi) is 6.03. The highest BCUT2D eigenvalue weighted by Crippen LogP contribution is 2.17. The fourth-order valence-electron chi connectivity index (χ4n) is 1.51. The van der Waals surface area contributed by atoms with Crippen molar-refractivity contribution >= 4 is 10.5 Å². The van der Waals surface area contributed by atoms with Crippen LogP contribution in [0.5, 0.6) is 0 Å². The topological polar surface area (TPSA) is 9.23 Å². The highest BCUT2D eigenvalue weighted by molar-refractivity contribution is 5.98. The largest absolute Gasteiger partial charge is 0.425 e. The molecular weight excluding hydrogens is 140 g/mol. The second kappa shape index (κ2) is 5.92. The SMILES string of the molecule is CCC(CC)C(CC)O[SiH3]. The summed E-state index contributed by atoms with van der Waals surface area (Å²) in [6, 6.07) is 0. The molecule has 0 rings (SSSR count). The fourth-order valence-corrected chi connectivity index (χ4v) is 2.23. The second-order valence-corrected chi connectivity index (χ2v) is 3.23. The first kappa shape index (κ1) is 10.2. The van der Waals surface area contributed by atoms with Crippen LogP contribution in [0.2, 0.25) is 0 Å². The van der Waals surface area contributed by atoms with E-state index in [1.165, 1.54) is 19.3 Å². The zero-order valence-electron chi connectivity index (χ0n) is 7.68. The molecule has 0 radical (unpaired) electrons. The van der Waals surface area contributed by atoms with Crippen LogP contribution in [0.15, 0.2) is 0 Å². The molecule has 0 fully saturated rings. The Morgan fingerprint density at radius 2 is 1.60 bits per heavy atom. The monoisotopic (exact) mass is 160 g/mol. The molecule has 0 heterocycles. The molecule has 0 saturated carbocycles. The maximum Gasteiger partial charge on any atom is 0.146 e. The molecule has 1 nitrogen and oxygen atoms in total. The van der Waals surface area contributed by atoms with E-state index in [0.717, 1.165) is 16.4 Å². The molecule has 1 atom stereocenters. The van der Waals surface area contributed by atoms with Gasteiger partial charge in [-0.3, -0.25) is 0 Å². The summed E-state index contributed by atoms with van der Waals surface area (Å²) in [4.78, 5) is 0. The first-order valence-corrected chi connectivity index (χ1v) is 5.14. The van der Waals surface area contributed by atoms with Crippen molar-refractivity contribution in [2.75, 3.05) is 0 Å². The van der Waals surface area contributed by atoms with Crippen LogP contribution in [-0.2, 0) is 4.43 Å². The normalized spacial score (nSPS) is 14.4. The average molecular weight is 160 g/mol. The van der Waals surface area contributed by atoms with Crippen molar-refractivity contribution in [3.63, 3.8) is 0 Å². The van der Waals surface area contributed by atoms with E-state index in [4.69, 9.17) is 4.43 Å². The zero-order chi connectivity index (χ0) is 7.98. The first-order chi connectivity index (χ1) is 4.79. The molecule has 62 valence electrons. The van der Waals surface area contributed by atoms with Gasteiger partial charge < -0.3 is 4.43 Å². The summed E-state index contributed by atoms with van der Waals surface area (Å²) in [5.74, 6) is 0.794. The van der Waals surface area contributed by atoms with E-state index >= 15 is 0 Å². The van der Waals surface area contributed by atoms with Crippen molar-refractivity contribution in [2.24, 2.45) is 5.92 Å². The first-order valence-electron chi connectivity index (χ1n) is 4.32. The van der Waals surface area contributed by atoms with E-state index in [1.54, 1.807) is 0 Å². The summed E-state index contributed by atoms with van der Waals surface area (Å²) in [6.07, 6.45) is 4.24. The van der Waals surface area contributed by atoms with Crippen molar-refractivity contribution in [3.8, 4) is 0 Å². The van der Waals surface area contributed by atoms with Crippen LogP contribution in [0.3, 0.4) is 0 Å². The molecule has 0 N–H and O–H groups in total. The van der Waals surface area contributed by atoms with E-state index in [2.05, 4.69) is 20.8 Å². The van der Waals surface area contributed by atoms with Crippen LogP contribution in [0.25, 0.3) is 0 Å². The highest BCUT2D eigenvalue weighted by atomic mass is 28.2. The molecule has 0 amide bonds. The van der Waals surface area contributed by atoms with E-state index in [-0.39, 0.29) is 0 Å². The minimum absolute atomic E-state index is 0.543. The molecule has 0 aromatic heterocycles. The van der Waals surface area contributed by atoms with Gasteiger partial charge in [-0.05, 0) is 12.3 Å². The van der Waals surface area contributed by atoms with Gasteiger partial charge in [-0.1, -0.05) is 33.6 Å². The Morgan fingerprint density at radius 1 is 1.10 bits per heavy atom. The number of hydrogen-bond donors (Lipinski definition) is 0. The van der Waals surface area contributed by atoms with Gasteiger partial charge in [0.25, 0.3) is 0 Å². The van der Waals surface area contributed by atoms with Crippen LogP contribution < -0.4 is 0 Å². The predicted molar refractivity (Wildman–Crippen MR) is 49.2 cm³/mol. The fraction of sp³-hybridized carbons (Fsp3) is 1.00. The number of hydrogen-bond acceptors (Lipinski definition) is 1. The van der Waals surface area contributed by atoms with Gasteiger partial charge in [0.15, 0.2) is 0 Å². The third kappa shape index (κ3) is 2.84. The lowest BCUT2D eigenvalue weighted by molar-refractivity contribution is 0.136. The highest BCUT2D eigenvalue weighted by Gasteiger charge is 2.14. The molecule has 0 aliphatic rings. The smallest absolute Gasteiger partial charge is 0.146 e. The molecule has 0 saturated heterocycles. The second-order valence-electron chi connectivity index (χ2n) is 2.76. The molecule has 0 bridgehead atoms. The van der Waals surface area contributed by atoms with E-state index < -0.39 is 0 Å². The van der Waals surface area contributed by atoms with Crippen LogP contribution in [0.1, 0.15) is 40.0 Å². The van der Waals surface area contributed by atoms with Crippen LogP contribution >= 0.6 is 0 Å². The van der Waals surface area contributed by atoms with Crippen molar-refractivity contribution < 1.29 is 4.43 Å². The molecule has 0 aromatic carbocycles. The standard InChI is InChI=1S/C8H20OSi/c1-4-7(5-2)8(6-3)9-10/h7-8H,4-6H2,1-3,10H3. The van der Waals surface area contributed by atoms with E-state index in [0.29, 0.717) is 6.10 Å². The summed E-state index contributed by atoms with van der Waals surface area (Å²) in [5, 5.41) is 0. The van der Waals surface area contributed by atoms with E-state index in [1.807, 2.05) is 0 Å². The van der Waals surface area contributed by atoms with Gasteiger partial charge in [-0.15, -0.1) is 0 Å². The van der Waals surface area contributed by atoms with Gasteiger partial charge in [0.1, 0.15) is 10.5 Å². The van der Waals surface area contributed by atoms with Crippen LogP contribution in [-0.4, -0.2) is 16.6 Å². The Bertz CT molecular complexity index is 57.7. The molecule has 2 heteroatoms. The predicted octanol–water partition coefficient (Wildman–Crippen LogP) is 1.50. The Hall–Kier alpha value is 0.177. The molecule has 0 aliphatic carbocycles. The number of rotatable bonds is 5. The molecule has 0 spiro atoms. The molecule has 0 aromatic rings. The summed E-state index contributed by atoms with van der Waals surface area (Å²) in [5.41, 5.74) is 0. The summed E-state index contributed by atoms with van der Waals surface area (Å²) >= 11 is 0. The van der Waals surface area contributed by atoms with Crippen molar-refractivity contribution in [2.45, 2.75) is 46.1 Å². The van der Waals surface area contributed by atoms with Crippen molar-refractivity contribution in [1.82, 2.24) is 0 Å². The molecule has 10 heavy (non-hydrogen) atoms. The van der Waals surface area contributed by atoms with E-state index in [9.17, 15) is 0 Å². The average Bonchev–Trinajstić information content (AvgIpc) is 2.00. The molecule has 1 unspecified atom stereocenters. The minimum atomic E-state index is 0.543. The summed E-state index contributed by atoms with van der Waals surface area (Å²) in [6.45, 7) is 6.70. The van der Waals surface area contributed by atoms with Crippen molar-refractivity contribution in [3.05, 3.63) is 0 Å². The maximum atomic E-state index is 5.48. The Labute approximate surface area is 67.7 Å². The third-order valence-corrected chi connectivity index (χ3v) is 2.89. The van der Waals surface area contributed by atoms with Gasteiger partial charge in [-0.2, -0.15) is 0 Å². The van der Waals surface area contributed by atoms with Crippen molar-refractivity contribution in [1.29, 1.82) is 0 Å². The van der Waals surface area contributed by atoms with Crippen LogP contribution in [0.4, 0.5) is 0 Å². The van der Waals surface area contributed by atoms with Crippen LogP contribution in [0, 0.1) is 5.92 Å². The summed E-state index contributed by atoms with van der Waals surface area (Å²) in [7, 11) is 0.889. The van der Waals surface area contributed by atoms with Gasteiger partial charge in [0.05, 0.1) is 0 Å². The Balaban J connectivity index is 3.70. The van der Waals surface area contributed by atoms with Gasteiger partial charge in [-0.25, -0.2) is 0 Å². The quantitative estimate of drug-likeness (QED) is 0.554. The van der Waals surface area contributed by atoms with Gasteiger partial charge >= 0.3 is 0 Å². The minimum Gasteiger partial charge on any atom is -0.425 e.